The van der Waals surface area contributed by atoms with Crippen molar-refractivity contribution in [2.24, 2.45) is 16.6 Å². The minimum absolute atomic E-state index is 0.0327. The van der Waals surface area contributed by atoms with Crippen molar-refractivity contribution in [3.63, 3.8) is 0 Å². The number of carbonyl (C=O) groups excluding carboxylic acids is 1. The van der Waals surface area contributed by atoms with Crippen LogP contribution in [0.4, 0.5) is 0 Å². The highest BCUT2D eigenvalue weighted by atomic mass is 32.2. The van der Waals surface area contributed by atoms with E-state index in [1.165, 1.54) is 11.0 Å². The van der Waals surface area contributed by atoms with Gasteiger partial charge >= 0.3 is 5.97 Å². The summed E-state index contributed by atoms with van der Waals surface area (Å²) in [4.78, 5) is 45.3. The van der Waals surface area contributed by atoms with Crippen molar-refractivity contribution in [3.05, 3.63) is 46.1 Å². The predicted molar refractivity (Wildman–Crippen MR) is 138 cm³/mol. The zero-order valence-corrected chi connectivity index (χ0v) is 21.8. The van der Waals surface area contributed by atoms with Crippen LogP contribution in [0.2, 0.25) is 0 Å². The number of nitrogens with two attached hydrogens (primary N) is 1. The number of aliphatic carboxylic acids is 1. The Morgan fingerprint density at radius 3 is 2.76 bits per heavy atom. The van der Waals surface area contributed by atoms with Crippen molar-refractivity contribution >= 4 is 38.8 Å². The van der Waals surface area contributed by atoms with Crippen LogP contribution in [0.3, 0.4) is 0 Å². The lowest BCUT2D eigenvalue weighted by molar-refractivity contribution is -0.525. The average molecular weight is 550 g/mol. The van der Waals surface area contributed by atoms with Gasteiger partial charge in [-0.15, -0.1) is 0 Å². The second-order valence-electron chi connectivity index (χ2n) is 9.24. The van der Waals surface area contributed by atoms with Crippen LogP contribution in [0, 0.1) is 23.0 Å². The summed E-state index contributed by atoms with van der Waals surface area (Å²) in [6.07, 6.45) is 0.921. The number of sulfonamides is 1. The monoisotopic (exact) mass is 549 g/mol. The van der Waals surface area contributed by atoms with Gasteiger partial charge in [0.1, 0.15) is 12.1 Å². The second kappa shape index (κ2) is 12.1. The molecule has 15 heteroatoms. The van der Waals surface area contributed by atoms with Crippen LogP contribution < -0.4 is 15.9 Å². The molecule has 1 aromatic heterocycles. The molecule has 3 atom stereocenters. The lowest BCUT2D eigenvalue weighted by atomic mass is 9.91. The van der Waals surface area contributed by atoms with E-state index in [9.17, 15) is 33.2 Å². The van der Waals surface area contributed by atoms with Crippen molar-refractivity contribution in [1.82, 2.24) is 20.0 Å². The minimum atomic E-state index is -4.25. The van der Waals surface area contributed by atoms with Crippen LogP contribution in [0.5, 0.6) is 0 Å². The van der Waals surface area contributed by atoms with Gasteiger partial charge in [0, 0.05) is 24.2 Å². The molecule has 3 rings (SSSR count). The maximum atomic E-state index is 13.6. The van der Waals surface area contributed by atoms with Gasteiger partial charge < -0.3 is 15.7 Å². The number of benzene rings is 1. The number of likely N-dealkylation sites (tertiary alicyclic amines) is 1. The summed E-state index contributed by atoms with van der Waals surface area (Å²) in [5.41, 5.74) is 8.29. The lowest BCUT2D eigenvalue weighted by Gasteiger charge is -2.38. The first-order valence-electron chi connectivity index (χ1n) is 12.0. The molecular weight excluding hydrogens is 518 g/mol. The molecule has 206 valence electrons. The van der Waals surface area contributed by atoms with Crippen LogP contribution >= 0.6 is 0 Å². The number of nitrogens with one attached hydrogen (secondary N) is 2. The summed E-state index contributed by atoms with van der Waals surface area (Å²) in [5.74, 6) is -2.17. The van der Waals surface area contributed by atoms with Gasteiger partial charge in [-0.05, 0) is 62.8 Å². The van der Waals surface area contributed by atoms with Crippen molar-refractivity contribution < 1.29 is 28.1 Å². The number of rotatable bonds is 10. The van der Waals surface area contributed by atoms with E-state index >= 15 is 0 Å². The number of aryl methyl sites for hydroxylation is 1. The molecule has 1 amide bonds. The van der Waals surface area contributed by atoms with E-state index < -0.39 is 45.0 Å². The Morgan fingerprint density at radius 1 is 1.34 bits per heavy atom. The lowest BCUT2D eigenvalue weighted by Crippen LogP contribution is -2.56. The Labute approximate surface area is 219 Å². The standard InChI is InChI=1S/C23H31N7O7S/c1-14-10-12-29(19(13-14)22(32)33)21(31)18(6-4-11-25-23(24)27-30(34)35)28-38(36,37)20-7-3-5-17-16(20)9-8-15(2)26-17/h3,5,7-9,14,18-19,28H,4,6,10-13H2,1-2H3,(H,32,33)(H3,24,25,27)/t14-,18-,19-/m0/s1. The first kappa shape index (κ1) is 28.7. The second-order valence-corrected chi connectivity index (χ2v) is 10.9. The number of piperidine rings is 1. The van der Waals surface area contributed by atoms with Crippen LogP contribution in [-0.2, 0) is 19.6 Å². The number of aromatic nitrogens is 1. The maximum Gasteiger partial charge on any atom is 0.326 e. The van der Waals surface area contributed by atoms with Gasteiger partial charge in [-0.25, -0.2) is 28.3 Å². The normalized spacial score (nSPS) is 19.2. The van der Waals surface area contributed by atoms with Crippen molar-refractivity contribution in [2.75, 3.05) is 13.1 Å². The van der Waals surface area contributed by atoms with Gasteiger partial charge in [0.25, 0.3) is 5.96 Å². The third kappa shape index (κ3) is 7.13. The summed E-state index contributed by atoms with van der Waals surface area (Å²) < 4.78 is 29.5. The molecule has 0 radical (unpaired) electrons. The molecule has 1 aromatic carbocycles. The number of hydrogen-bond donors (Lipinski definition) is 4. The minimum Gasteiger partial charge on any atom is -0.480 e. The van der Waals surface area contributed by atoms with Crippen molar-refractivity contribution in [2.45, 2.75) is 56.5 Å². The molecule has 14 nitrogen and oxygen atoms in total. The van der Waals surface area contributed by atoms with Crippen LogP contribution in [-0.4, -0.2) is 71.4 Å². The Kier molecular flexibility index (Phi) is 9.17. The molecule has 1 aliphatic rings. The molecule has 1 saturated heterocycles. The molecule has 38 heavy (non-hydrogen) atoms. The number of aliphatic imine (C=N–C) groups is 1. The summed E-state index contributed by atoms with van der Waals surface area (Å²) in [6.45, 7) is 3.82. The van der Waals surface area contributed by atoms with Gasteiger partial charge in [-0.2, -0.15) is 4.72 Å². The highest BCUT2D eigenvalue weighted by molar-refractivity contribution is 7.89. The first-order valence-corrected chi connectivity index (χ1v) is 13.5. The van der Waals surface area contributed by atoms with Gasteiger partial charge in [-0.1, -0.05) is 18.4 Å². The number of nitro groups is 1. The van der Waals surface area contributed by atoms with Gasteiger partial charge in [0.05, 0.1) is 10.4 Å². The number of guanidine groups is 1. The topological polar surface area (TPSA) is 210 Å². The number of amides is 1. The third-order valence-corrected chi connectivity index (χ3v) is 7.82. The number of hydrogen-bond acceptors (Lipinski definition) is 8. The number of carboxylic acids is 1. The summed E-state index contributed by atoms with van der Waals surface area (Å²) in [5, 5.41) is 19.7. The SMILES string of the molecule is Cc1ccc2c(S(=O)(=O)N[C@@H](CCCN=C(N)N[N+](=O)[O-])C(=O)N3CC[C@H](C)C[C@H]3C(=O)O)cccc2n1. The maximum absolute atomic E-state index is 13.6. The van der Waals surface area contributed by atoms with Crippen LogP contribution in [0.1, 0.15) is 38.3 Å². The molecule has 2 aromatic rings. The smallest absolute Gasteiger partial charge is 0.326 e. The van der Waals surface area contributed by atoms with Gasteiger partial charge in [-0.3, -0.25) is 9.78 Å². The summed E-state index contributed by atoms with van der Waals surface area (Å²) in [7, 11) is -4.25. The first-order chi connectivity index (χ1) is 17.9. The fourth-order valence-corrected chi connectivity index (χ4v) is 5.85. The fraction of sp³-hybridized carbons (Fsp3) is 0.478. The van der Waals surface area contributed by atoms with Gasteiger partial charge in [0.2, 0.25) is 15.9 Å². The third-order valence-electron chi connectivity index (χ3n) is 6.29. The van der Waals surface area contributed by atoms with Crippen LogP contribution in [0.15, 0.2) is 40.2 Å². The Morgan fingerprint density at radius 2 is 2.08 bits per heavy atom. The molecule has 1 fully saturated rings. The Hall–Kier alpha value is -3.85. The summed E-state index contributed by atoms with van der Waals surface area (Å²) in [6, 6.07) is 5.56. The highest BCUT2D eigenvalue weighted by Crippen LogP contribution is 2.26. The molecule has 0 unspecified atom stereocenters. The van der Waals surface area contributed by atoms with Crippen LogP contribution in [0.25, 0.3) is 10.9 Å². The van der Waals surface area contributed by atoms with E-state index in [4.69, 9.17) is 5.73 Å². The molecule has 0 aliphatic carbocycles. The Bertz CT molecular complexity index is 1350. The zero-order valence-electron chi connectivity index (χ0n) is 21.0. The average Bonchev–Trinajstić information content (AvgIpc) is 2.84. The summed E-state index contributed by atoms with van der Waals surface area (Å²) >= 11 is 0. The zero-order chi connectivity index (χ0) is 28.0. The molecule has 0 saturated carbocycles. The number of carboxylic acid groups (broad SMARTS) is 1. The number of nitrogens with zero attached hydrogens (tertiary/aromatic N) is 4. The molecule has 0 spiro atoms. The molecule has 2 heterocycles. The molecule has 1 aliphatic heterocycles. The van der Waals surface area contributed by atoms with E-state index in [1.807, 2.05) is 6.92 Å². The van der Waals surface area contributed by atoms with Crippen molar-refractivity contribution in [3.8, 4) is 0 Å². The number of pyridine rings is 1. The number of hydrazine groups is 1. The van der Waals surface area contributed by atoms with E-state index in [0.717, 1.165) is 0 Å². The van der Waals surface area contributed by atoms with E-state index in [2.05, 4.69) is 14.7 Å². The van der Waals surface area contributed by atoms with E-state index in [0.29, 0.717) is 23.0 Å². The Balaban J connectivity index is 1.89. The largest absolute Gasteiger partial charge is 0.480 e. The predicted octanol–water partition coefficient (Wildman–Crippen LogP) is 0.778. The molecular formula is C23H31N7O7S. The number of fused-ring (bicyclic) bond motifs is 1. The van der Waals surface area contributed by atoms with E-state index in [-0.39, 0.29) is 43.2 Å². The van der Waals surface area contributed by atoms with E-state index in [1.54, 1.807) is 36.6 Å². The van der Waals surface area contributed by atoms with Crippen molar-refractivity contribution in [1.29, 1.82) is 0 Å². The molecule has 0 bridgehead atoms. The fourth-order valence-electron chi connectivity index (χ4n) is 4.41. The van der Waals surface area contributed by atoms with Gasteiger partial charge in [0.15, 0.2) is 5.03 Å². The quantitative estimate of drug-likeness (QED) is 0.107. The molecule has 5 N–H and O–H groups in total. The highest BCUT2D eigenvalue weighted by Gasteiger charge is 2.38. The number of carbonyl (C=O) groups is 2.